The summed E-state index contributed by atoms with van der Waals surface area (Å²) in [5.41, 5.74) is -0.675. The highest BCUT2D eigenvalue weighted by atomic mass is 35.5. The quantitative estimate of drug-likeness (QED) is 0.782. The zero-order valence-corrected chi connectivity index (χ0v) is 14.0. The van der Waals surface area contributed by atoms with Crippen LogP contribution >= 0.6 is 11.6 Å². The second kappa shape index (κ2) is 5.10. The summed E-state index contributed by atoms with van der Waals surface area (Å²) >= 11 is 6.00. The molecule has 3 rings (SSSR count). The first-order valence-corrected chi connectivity index (χ1v) is 7.90. The molecule has 1 aliphatic heterocycles. The van der Waals surface area contributed by atoms with E-state index in [1.165, 1.54) is 17.0 Å². The van der Waals surface area contributed by atoms with Gasteiger partial charge in [-0.3, -0.25) is 4.90 Å². The summed E-state index contributed by atoms with van der Waals surface area (Å²) in [6.45, 7) is 5.60. The Kier molecular flexibility index (Phi) is 3.57. The highest BCUT2D eigenvalue weighted by Crippen LogP contribution is 2.62. The van der Waals surface area contributed by atoms with Gasteiger partial charge in [0.25, 0.3) is 0 Å². The van der Waals surface area contributed by atoms with E-state index in [0.717, 1.165) is 0 Å². The third-order valence-electron chi connectivity index (χ3n) is 4.53. The Morgan fingerprint density at radius 2 is 2.22 bits per heavy atom. The number of carbonyl (C=O) groups is 1. The van der Waals surface area contributed by atoms with Gasteiger partial charge in [-0.2, -0.15) is 5.26 Å². The van der Waals surface area contributed by atoms with E-state index in [-0.39, 0.29) is 18.3 Å². The van der Waals surface area contributed by atoms with Crippen molar-refractivity contribution in [1.82, 2.24) is 4.90 Å². The summed E-state index contributed by atoms with van der Waals surface area (Å²) < 4.78 is 19.6. The Bertz CT molecular complexity index is 710. The first kappa shape index (κ1) is 16.1. The van der Waals surface area contributed by atoms with E-state index in [4.69, 9.17) is 16.3 Å². The van der Waals surface area contributed by atoms with Gasteiger partial charge >= 0.3 is 6.09 Å². The number of halogens is 2. The number of piperidine rings is 1. The highest BCUT2D eigenvalue weighted by Gasteiger charge is 2.68. The maximum atomic E-state index is 14.2. The molecule has 1 heterocycles. The van der Waals surface area contributed by atoms with Gasteiger partial charge in [0.1, 0.15) is 17.5 Å². The van der Waals surface area contributed by atoms with Gasteiger partial charge in [-0.1, -0.05) is 11.6 Å². The van der Waals surface area contributed by atoms with Crippen molar-refractivity contribution in [3.05, 3.63) is 34.6 Å². The summed E-state index contributed by atoms with van der Waals surface area (Å²) in [5, 5.41) is 9.90. The first-order valence-electron chi connectivity index (χ1n) is 7.53. The number of ether oxygens (including phenoxy) is 1. The fraction of sp³-hybridized carbons (Fsp3) is 0.529. The summed E-state index contributed by atoms with van der Waals surface area (Å²) in [7, 11) is 0. The van der Waals surface area contributed by atoms with Crippen LogP contribution < -0.4 is 0 Å². The smallest absolute Gasteiger partial charge is 0.411 e. The van der Waals surface area contributed by atoms with Crippen LogP contribution in [0.5, 0.6) is 0 Å². The van der Waals surface area contributed by atoms with Crippen molar-refractivity contribution in [3.8, 4) is 6.07 Å². The number of rotatable bonds is 1. The van der Waals surface area contributed by atoms with Crippen molar-refractivity contribution in [3.63, 3.8) is 0 Å². The van der Waals surface area contributed by atoms with E-state index < -0.39 is 23.2 Å². The summed E-state index contributed by atoms with van der Waals surface area (Å²) in [6, 6.07) is 6.01. The molecule has 1 unspecified atom stereocenters. The number of carbonyl (C=O) groups excluding carboxylic acids is 1. The maximum Gasteiger partial charge on any atom is 0.411 e. The Morgan fingerprint density at radius 1 is 1.52 bits per heavy atom. The molecule has 0 aromatic heterocycles. The zero-order chi connectivity index (χ0) is 17.0. The van der Waals surface area contributed by atoms with Crippen LogP contribution in [0, 0.1) is 23.1 Å². The lowest BCUT2D eigenvalue weighted by molar-refractivity contribution is 0.0229. The van der Waals surface area contributed by atoms with Gasteiger partial charge in [0.05, 0.1) is 6.07 Å². The molecule has 1 saturated heterocycles. The monoisotopic (exact) mass is 336 g/mol. The minimum Gasteiger partial charge on any atom is -0.444 e. The van der Waals surface area contributed by atoms with Crippen LogP contribution in [0.25, 0.3) is 0 Å². The molecule has 1 aromatic rings. The van der Waals surface area contributed by atoms with Gasteiger partial charge in [-0.15, -0.1) is 0 Å². The molecule has 6 heteroatoms. The minimum absolute atomic E-state index is 0.0759. The number of hydrogen-bond acceptors (Lipinski definition) is 3. The molecule has 1 aliphatic carbocycles. The third kappa shape index (κ3) is 2.66. The van der Waals surface area contributed by atoms with Crippen LogP contribution in [0.4, 0.5) is 9.18 Å². The van der Waals surface area contributed by atoms with Crippen molar-refractivity contribution >= 4 is 17.7 Å². The van der Waals surface area contributed by atoms with Gasteiger partial charge in [-0.05, 0) is 51.0 Å². The van der Waals surface area contributed by atoms with Crippen molar-refractivity contribution in [2.24, 2.45) is 5.92 Å². The lowest BCUT2D eigenvalue weighted by atomic mass is 9.94. The van der Waals surface area contributed by atoms with Crippen molar-refractivity contribution < 1.29 is 13.9 Å². The number of fused-ring (bicyclic) bond motifs is 1. The maximum absolute atomic E-state index is 14.2. The summed E-state index contributed by atoms with van der Waals surface area (Å²) in [6.07, 6.45) is 0.153. The van der Waals surface area contributed by atoms with Crippen LogP contribution in [-0.2, 0) is 10.2 Å². The zero-order valence-electron chi connectivity index (χ0n) is 13.3. The number of benzene rings is 1. The number of likely N-dealkylation sites (tertiary alicyclic amines) is 1. The Labute approximate surface area is 139 Å². The van der Waals surface area contributed by atoms with Gasteiger partial charge in [-0.25, -0.2) is 9.18 Å². The summed E-state index contributed by atoms with van der Waals surface area (Å²) in [4.78, 5) is 13.8. The van der Waals surface area contributed by atoms with E-state index in [1.54, 1.807) is 26.8 Å². The van der Waals surface area contributed by atoms with Crippen LogP contribution in [0.3, 0.4) is 0 Å². The Hall–Kier alpha value is -1.80. The van der Waals surface area contributed by atoms with Crippen LogP contribution in [0.2, 0.25) is 5.02 Å². The molecule has 2 fully saturated rings. The number of nitrogens with zero attached hydrogens (tertiary/aromatic N) is 2. The molecule has 0 N–H and O–H groups in total. The van der Waals surface area contributed by atoms with Crippen molar-refractivity contribution in [2.45, 2.75) is 44.2 Å². The van der Waals surface area contributed by atoms with Gasteiger partial charge < -0.3 is 4.74 Å². The lowest BCUT2D eigenvalue weighted by Gasteiger charge is -2.28. The molecule has 0 spiro atoms. The van der Waals surface area contributed by atoms with Crippen LogP contribution in [0.1, 0.15) is 32.8 Å². The Morgan fingerprint density at radius 3 is 2.83 bits per heavy atom. The number of hydrogen-bond donors (Lipinski definition) is 0. The fourth-order valence-electron chi connectivity index (χ4n) is 3.48. The lowest BCUT2D eigenvalue weighted by Crippen LogP contribution is -2.42. The van der Waals surface area contributed by atoms with Gasteiger partial charge in [0, 0.05) is 22.9 Å². The minimum atomic E-state index is -0.641. The second-order valence-corrected chi connectivity index (χ2v) is 7.71. The second-order valence-electron chi connectivity index (χ2n) is 7.27. The van der Waals surface area contributed by atoms with Crippen LogP contribution in [0.15, 0.2) is 18.2 Å². The van der Waals surface area contributed by atoms with E-state index in [9.17, 15) is 14.4 Å². The molecule has 1 amide bonds. The van der Waals surface area contributed by atoms with Crippen molar-refractivity contribution in [1.29, 1.82) is 5.26 Å². The average Bonchev–Trinajstić information content (AvgIpc) is 3.07. The topological polar surface area (TPSA) is 53.3 Å². The Balaban J connectivity index is 1.90. The molecule has 0 radical (unpaired) electrons. The van der Waals surface area contributed by atoms with Crippen molar-refractivity contribution in [2.75, 3.05) is 6.54 Å². The van der Waals surface area contributed by atoms with Crippen LogP contribution in [-0.4, -0.2) is 29.2 Å². The molecular weight excluding hydrogens is 319 g/mol. The van der Waals surface area contributed by atoms with E-state index >= 15 is 0 Å². The van der Waals surface area contributed by atoms with E-state index in [2.05, 4.69) is 6.07 Å². The SMILES string of the molecule is CC(C)(C)OC(=O)N1C[C@@]2(c3cc(Cl)ccc3F)C[C@H]2C1C#N. The van der Waals surface area contributed by atoms with Gasteiger partial charge in [0.15, 0.2) is 0 Å². The number of amides is 1. The van der Waals surface area contributed by atoms with E-state index in [1.807, 2.05) is 0 Å². The molecule has 1 saturated carbocycles. The predicted molar refractivity (Wildman–Crippen MR) is 83.5 cm³/mol. The molecule has 4 nitrogen and oxygen atoms in total. The predicted octanol–water partition coefficient (Wildman–Crippen LogP) is 3.88. The summed E-state index contributed by atoms with van der Waals surface area (Å²) in [5.74, 6) is -0.424. The molecule has 0 bridgehead atoms. The van der Waals surface area contributed by atoms with E-state index in [0.29, 0.717) is 17.0 Å². The first-order chi connectivity index (χ1) is 10.7. The largest absolute Gasteiger partial charge is 0.444 e. The molecular formula is C17H18ClFN2O2. The highest BCUT2D eigenvalue weighted by molar-refractivity contribution is 6.30. The fourth-order valence-corrected chi connectivity index (χ4v) is 3.65. The standard InChI is InChI=1S/C17H18ClFN2O2/c1-16(2,3)23-15(22)21-9-17(7-12(17)14(21)8-20)11-6-10(18)4-5-13(11)19/h4-6,12,14H,7,9H2,1-3H3/t12-,14?,17+/m0/s1. The molecule has 122 valence electrons. The molecule has 3 atom stereocenters. The average molecular weight is 337 g/mol. The third-order valence-corrected chi connectivity index (χ3v) is 4.76. The normalized spacial score (nSPS) is 29.0. The number of nitriles is 1. The molecule has 2 aliphatic rings. The van der Waals surface area contributed by atoms with Gasteiger partial charge in [0.2, 0.25) is 0 Å². The molecule has 23 heavy (non-hydrogen) atoms. The molecule has 1 aromatic carbocycles.